The van der Waals surface area contributed by atoms with E-state index in [-0.39, 0.29) is 18.6 Å². The second kappa shape index (κ2) is 4.66. The van der Waals surface area contributed by atoms with Crippen molar-refractivity contribution in [2.75, 3.05) is 13.1 Å². The van der Waals surface area contributed by atoms with Gasteiger partial charge in [-0.3, -0.25) is 13.1 Å². The zero-order chi connectivity index (χ0) is 4.24. The molecule has 2 nitrogen and oxygen atoms in total. The standard InChI is InChI=1S/C4H8N2.V/c1-2-6-4-3-5-1;/h1,4-6H,2-3H2;/q-2;+2. The van der Waals surface area contributed by atoms with Crippen LogP contribution in [0.5, 0.6) is 0 Å². The van der Waals surface area contributed by atoms with E-state index in [4.69, 9.17) is 0 Å². The smallest absolute Gasteiger partial charge is 0.493 e. The zero-order valence-corrected chi connectivity index (χ0v) is 5.41. The molecule has 1 fully saturated rings. The van der Waals surface area contributed by atoms with Crippen molar-refractivity contribution < 1.29 is 18.6 Å². The van der Waals surface area contributed by atoms with Crippen molar-refractivity contribution >= 4 is 0 Å². The van der Waals surface area contributed by atoms with Crippen molar-refractivity contribution in [1.29, 1.82) is 0 Å². The fourth-order valence-electron chi connectivity index (χ4n) is 0.429. The predicted octanol–water partition coefficient (Wildman–Crippen LogP) is -0.500. The quantitative estimate of drug-likeness (QED) is 0.437. The molecule has 0 aliphatic carbocycles. The van der Waals surface area contributed by atoms with Crippen LogP contribution in [0.4, 0.5) is 0 Å². The van der Waals surface area contributed by atoms with Gasteiger partial charge in [0.1, 0.15) is 0 Å². The van der Waals surface area contributed by atoms with Gasteiger partial charge in [0, 0.05) is 0 Å². The Morgan fingerprint density at radius 2 is 1.43 bits per heavy atom. The molecular formula is C4H8N2V. The Balaban J connectivity index is 0.000000360. The van der Waals surface area contributed by atoms with Crippen molar-refractivity contribution in [3.8, 4) is 0 Å². The summed E-state index contributed by atoms with van der Waals surface area (Å²) in [7, 11) is 0. The van der Waals surface area contributed by atoms with Crippen LogP contribution in [0.3, 0.4) is 0 Å². The van der Waals surface area contributed by atoms with Crippen LogP contribution in [0.25, 0.3) is 0 Å². The molecule has 0 saturated carbocycles. The van der Waals surface area contributed by atoms with Crippen LogP contribution in [-0.2, 0) is 18.6 Å². The van der Waals surface area contributed by atoms with E-state index in [0.717, 1.165) is 13.1 Å². The third-order valence-electron chi connectivity index (χ3n) is 0.729. The zero-order valence-electron chi connectivity index (χ0n) is 4.02. The van der Waals surface area contributed by atoms with Gasteiger partial charge in [-0.1, -0.05) is 0 Å². The monoisotopic (exact) mass is 135 g/mol. The molecule has 0 aromatic carbocycles. The molecular weight excluding hydrogens is 127 g/mol. The second-order valence-corrected chi connectivity index (χ2v) is 1.22. The molecule has 0 spiro atoms. The molecule has 1 heterocycles. The number of nitrogens with one attached hydrogen (secondary N) is 2. The number of piperazine rings is 1. The van der Waals surface area contributed by atoms with Crippen molar-refractivity contribution in [3.05, 3.63) is 13.1 Å². The first kappa shape index (κ1) is 7.50. The second-order valence-electron chi connectivity index (χ2n) is 1.22. The van der Waals surface area contributed by atoms with E-state index in [9.17, 15) is 0 Å². The summed E-state index contributed by atoms with van der Waals surface area (Å²) in [6, 6.07) is 0. The topological polar surface area (TPSA) is 24.1 Å². The van der Waals surface area contributed by atoms with Crippen LogP contribution in [0.2, 0.25) is 0 Å². The fraction of sp³-hybridized carbons (Fsp3) is 0.500. The maximum absolute atomic E-state index is 3.04. The van der Waals surface area contributed by atoms with Crippen LogP contribution in [-0.4, -0.2) is 13.1 Å². The van der Waals surface area contributed by atoms with E-state index in [1.54, 1.807) is 0 Å². The van der Waals surface area contributed by atoms with E-state index >= 15 is 0 Å². The molecule has 0 aromatic heterocycles. The Morgan fingerprint density at radius 1 is 1.00 bits per heavy atom. The summed E-state index contributed by atoms with van der Waals surface area (Å²) in [5.74, 6) is 0. The summed E-state index contributed by atoms with van der Waals surface area (Å²) in [6.45, 7) is 5.92. The average molecular weight is 135 g/mol. The summed E-state index contributed by atoms with van der Waals surface area (Å²) in [5, 5.41) is 6.08. The maximum atomic E-state index is 3.04. The van der Waals surface area contributed by atoms with Crippen LogP contribution in [0.1, 0.15) is 0 Å². The fourth-order valence-corrected chi connectivity index (χ4v) is 0.429. The normalized spacial score (nSPS) is 20.6. The molecule has 1 aliphatic heterocycles. The summed E-state index contributed by atoms with van der Waals surface area (Å²) < 4.78 is 0. The summed E-state index contributed by atoms with van der Waals surface area (Å²) in [4.78, 5) is 0. The van der Waals surface area contributed by atoms with Gasteiger partial charge in [-0.15, -0.1) is 13.1 Å². The summed E-state index contributed by atoms with van der Waals surface area (Å²) >= 11 is 0. The van der Waals surface area contributed by atoms with Gasteiger partial charge >= 0.3 is 18.6 Å². The number of hydrogen-bond acceptors (Lipinski definition) is 2. The molecule has 1 rings (SSSR count). The Hall–Kier alpha value is 0.504. The molecule has 7 heavy (non-hydrogen) atoms. The first-order valence-corrected chi connectivity index (χ1v) is 2.10. The van der Waals surface area contributed by atoms with Gasteiger partial charge in [0.25, 0.3) is 0 Å². The molecule has 0 atom stereocenters. The molecule has 39 valence electrons. The van der Waals surface area contributed by atoms with Crippen LogP contribution in [0, 0.1) is 13.1 Å². The largest absolute Gasteiger partial charge is 2.00 e. The minimum absolute atomic E-state index is 0. The Morgan fingerprint density at radius 3 is 1.57 bits per heavy atom. The van der Waals surface area contributed by atoms with Gasteiger partial charge in [-0.25, -0.2) is 0 Å². The van der Waals surface area contributed by atoms with Gasteiger partial charge in [-0.05, 0) is 0 Å². The molecule has 0 amide bonds. The van der Waals surface area contributed by atoms with Crippen molar-refractivity contribution in [2.45, 2.75) is 0 Å². The molecule has 2 N–H and O–H groups in total. The number of hydrogen-bond donors (Lipinski definition) is 2. The van der Waals surface area contributed by atoms with Gasteiger partial charge in [0.05, 0.1) is 0 Å². The SMILES string of the molecule is [CH-]1CN[CH-]CN1.[V+2]. The minimum Gasteiger partial charge on any atom is -0.493 e. The molecule has 0 bridgehead atoms. The van der Waals surface area contributed by atoms with E-state index in [1.807, 2.05) is 13.1 Å². The number of rotatable bonds is 0. The molecule has 1 saturated heterocycles. The molecule has 1 aliphatic rings. The van der Waals surface area contributed by atoms with Gasteiger partial charge in [-0.2, -0.15) is 0 Å². The third-order valence-corrected chi connectivity index (χ3v) is 0.729. The molecule has 3 heteroatoms. The van der Waals surface area contributed by atoms with E-state index in [0.29, 0.717) is 0 Å². The van der Waals surface area contributed by atoms with Gasteiger partial charge < -0.3 is 10.6 Å². The Labute approximate surface area is 55.9 Å². The summed E-state index contributed by atoms with van der Waals surface area (Å²) in [6.07, 6.45) is 0. The average Bonchev–Trinajstić information content (AvgIpc) is 1.72. The minimum atomic E-state index is 0. The van der Waals surface area contributed by atoms with Crippen LogP contribution in [0.15, 0.2) is 0 Å². The van der Waals surface area contributed by atoms with E-state index in [2.05, 4.69) is 10.6 Å². The predicted molar refractivity (Wildman–Crippen MR) is 24.6 cm³/mol. The van der Waals surface area contributed by atoms with Crippen molar-refractivity contribution in [2.24, 2.45) is 0 Å². The third kappa shape index (κ3) is 3.12. The molecule has 0 aromatic rings. The molecule has 1 radical (unpaired) electrons. The first-order chi connectivity index (χ1) is 3.00. The summed E-state index contributed by atoms with van der Waals surface area (Å²) in [5.41, 5.74) is 0. The Bertz CT molecular complexity index is 25.2. The van der Waals surface area contributed by atoms with Crippen molar-refractivity contribution in [1.82, 2.24) is 10.6 Å². The van der Waals surface area contributed by atoms with E-state index < -0.39 is 0 Å². The van der Waals surface area contributed by atoms with Crippen LogP contribution < -0.4 is 10.6 Å². The van der Waals surface area contributed by atoms with Crippen molar-refractivity contribution in [3.63, 3.8) is 0 Å². The Kier molecular flexibility index (Phi) is 4.99. The first-order valence-electron chi connectivity index (χ1n) is 2.10. The van der Waals surface area contributed by atoms with Crippen LogP contribution >= 0.6 is 0 Å². The molecule has 0 unspecified atom stereocenters. The maximum Gasteiger partial charge on any atom is 2.00 e. The van der Waals surface area contributed by atoms with Gasteiger partial charge in [0.2, 0.25) is 0 Å². The van der Waals surface area contributed by atoms with Gasteiger partial charge in [0.15, 0.2) is 0 Å². The van der Waals surface area contributed by atoms with E-state index in [1.165, 1.54) is 0 Å².